The monoisotopic (exact) mass is 517 g/mol. The lowest BCUT2D eigenvalue weighted by Gasteiger charge is -2.36. The van der Waals surface area contributed by atoms with Gasteiger partial charge in [-0.1, -0.05) is 18.2 Å². The molecule has 9 nitrogen and oxygen atoms in total. The minimum Gasteiger partial charge on any atom is -0.387 e. The van der Waals surface area contributed by atoms with Gasteiger partial charge in [-0.15, -0.1) is 0 Å². The second-order valence-corrected chi connectivity index (χ2v) is 10.8. The Morgan fingerprint density at radius 1 is 1.05 bits per heavy atom. The number of pyridine rings is 1. The van der Waals surface area contributed by atoms with Gasteiger partial charge in [0.05, 0.1) is 35.2 Å². The average molecular weight is 518 g/mol. The summed E-state index contributed by atoms with van der Waals surface area (Å²) in [6.45, 7) is 6.59. The number of hydrogen-bond donors (Lipinski definition) is 2. The van der Waals surface area contributed by atoms with E-state index in [9.17, 15) is 14.6 Å². The number of nitrogens with zero attached hydrogens (tertiary/aromatic N) is 7. The van der Waals surface area contributed by atoms with Crippen molar-refractivity contribution in [3.8, 4) is 11.3 Å². The summed E-state index contributed by atoms with van der Waals surface area (Å²) >= 11 is 0. The number of rotatable bonds is 7. The van der Waals surface area contributed by atoms with E-state index >= 15 is 0 Å². The van der Waals surface area contributed by atoms with Crippen molar-refractivity contribution >= 4 is 16.9 Å². The molecule has 1 saturated carbocycles. The van der Waals surface area contributed by atoms with E-state index in [-0.39, 0.29) is 5.82 Å². The molecule has 2 fully saturated rings. The Kier molecular flexibility index (Phi) is 6.33. The molecule has 1 aliphatic heterocycles. The lowest BCUT2D eigenvalue weighted by molar-refractivity contribution is -0.0516. The van der Waals surface area contributed by atoms with Crippen LogP contribution in [0.5, 0.6) is 0 Å². The quantitative estimate of drug-likeness (QED) is 0.384. The van der Waals surface area contributed by atoms with E-state index in [0.717, 1.165) is 43.0 Å². The fourth-order valence-corrected chi connectivity index (χ4v) is 4.88. The van der Waals surface area contributed by atoms with Crippen LogP contribution < -0.4 is 4.90 Å². The first kappa shape index (κ1) is 24.8. The second-order valence-electron chi connectivity index (χ2n) is 10.8. The number of benzene rings is 1. The van der Waals surface area contributed by atoms with Gasteiger partial charge < -0.3 is 15.1 Å². The van der Waals surface area contributed by atoms with Gasteiger partial charge in [0, 0.05) is 50.0 Å². The van der Waals surface area contributed by atoms with E-state index in [4.69, 9.17) is 9.97 Å². The van der Waals surface area contributed by atoms with Crippen molar-refractivity contribution in [3.63, 3.8) is 0 Å². The Morgan fingerprint density at radius 2 is 1.82 bits per heavy atom. The summed E-state index contributed by atoms with van der Waals surface area (Å²) in [5.74, 6) is 0.566. The number of aliphatic hydroxyl groups excluding tert-OH is 1. The summed E-state index contributed by atoms with van der Waals surface area (Å²) in [6.07, 6.45) is 6.58. The lowest BCUT2D eigenvalue weighted by atomic mass is 9.98. The first-order chi connectivity index (χ1) is 18.3. The summed E-state index contributed by atoms with van der Waals surface area (Å²) < 4.78 is 16.2. The molecule has 0 spiro atoms. The summed E-state index contributed by atoms with van der Waals surface area (Å²) in [6, 6.07) is 9.06. The van der Waals surface area contributed by atoms with E-state index in [2.05, 4.69) is 19.9 Å². The van der Waals surface area contributed by atoms with Gasteiger partial charge in [-0.25, -0.2) is 14.4 Å². The van der Waals surface area contributed by atoms with Crippen molar-refractivity contribution in [1.82, 2.24) is 29.6 Å². The van der Waals surface area contributed by atoms with Gasteiger partial charge in [-0.3, -0.25) is 14.6 Å². The van der Waals surface area contributed by atoms with Gasteiger partial charge in [-0.05, 0) is 38.8 Å². The van der Waals surface area contributed by atoms with Gasteiger partial charge >= 0.3 is 0 Å². The number of aliphatic hydroxyl groups is 2. The summed E-state index contributed by atoms with van der Waals surface area (Å²) in [4.78, 5) is 18.8. The Morgan fingerprint density at radius 3 is 2.53 bits per heavy atom. The molecule has 3 aromatic heterocycles. The number of aromatic nitrogens is 5. The van der Waals surface area contributed by atoms with Crippen molar-refractivity contribution in [3.05, 3.63) is 66.0 Å². The molecule has 38 heavy (non-hydrogen) atoms. The highest BCUT2D eigenvalue weighted by Gasteiger charge is 2.29. The fraction of sp³-hybridized carbons (Fsp3) is 0.429. The summed E-state index contributed by atoms with van der Waals surface area (Å²) in [5.41, 5.74) is 2.54. The van der Waals surface area contributed by atoms with Crippen molar-refractivity contribution in [2.75, 3.05) is 31.1 Å². The van der Waals surface area contributed by atoms with Crippen molar-refractivity contribution in [2.45, 2.75) is 51.0 Å². The highest BCUT2D eigenvalue weighted by Crippen LogP contribution is 2.37. The van der Waals surface area contributed by atoms with Crippen LogP contribution in [0, 0.1) is 5.82 Å². The zero-order valence-corrected chi connectivity index (χ0v) is 21.6. The summed E-state index contributed by atoms with van der Waals surface area (Å²) in [7, 11) is 0. The smallest absolute Gasteiger partial charge is 0.156 e. The maximum Gasteiger partial charge on any atom is 0.156 e. The van der Waals surface area contributed by atoms with Crippen molar-refractivity contribution < 1.29 is 14.6 Å². The first-order valence-corrected chi connectivity index (χ1v) is 13.1. The number of hydrogen-bond acceptors (Lipinski definition) is 8. The van der Waals surface area contributed by atoms with Crippen LogP contribution in [0.2, 0.25) is 0 Å². The SMILES string of the molecule is CC(C)(O)[C@H](O)c1cc2nc(N3CCN(Cc4ccccc4F)CC3)c(-c3cnn(C4CC4)c3)nc2cn1. The zero-order valence-electron chi connectivity index (χ0n) is 21.6. The number of anilines is 1. The average Bonchev–Trinajstić information content (AvgIpc) is 3.65. The minimum absolute atomic E-state index is 0.178. The van der Waals surface area contributed by atoms with Crippen LogP contribution in [0.1, 0.15) is 50.1 Å². The Labute approximate surface area is 220 Å². The molecule has 0 amide bonds. The number of halogens is 1. The topological polar surface area (TPSA) is 103 Å². The Balaban J connectivity index is 1.32. The van der Waals surface area contributed by atoms with Crippen LogP contribution >= 0.6 is 0 Å². The molecule has 0 radical (unpaired) electrons. The standard InChI is InChI=1S/C28H32FN7O2/c1-28(2,38)26(37)23-13-22-24(15-30-23)32-25(19-14-31-36(17-19)20-7-8-20)27(33-22)35-11-9-34(10-12-35)16-18-5-3-4-6-21(18)29/h3-6,13-15,17,20,26,37-38H,7-12,16H2,1-2H3/t26-/m1/s1. The molecule has 4 heterocycles. The van der Waals surface area contributed by atoms with Crippen LogP contribution in [0.3, 0.4) is 0 Å². The molecular weight excluding hydrogens is 485 g/mol. The molecule has 1 atom stereocenters. The van der Waals surface area contributed by atoms with Gasteiger partial charge in [0.25, 0.3) is 0 Å². The third kappa shape index (κ3) is 4.99. The van der Waals surface area contributed by atoms with Gasteiger partial charge in [0.15, 0.2) is 5.82 Å². The first-order valence-electron chi connectivity index (χ1n) is 13.1. The van der Waals surface area contributed by atoms with Gasteiger partial charge in [0.1, 0.15) is 23.1 Å². The lowest BCUT2D eigenvalue weighted by Crippen LogP contribution is -2.46. The molecule has 1 aliphatic carbocycles. The van der Waals surface area contributed by atoms with Crippen molar-refractivity contribution in [1.29, 1.82) is 0 Å². The maximum absolute atomic E-state index is 14.2. The zero-order chi connectivity index (χ0) is 26.4. The minimum atomic E-state index is -1.34. The molecule has 1 saturated heterocycles. The summed E-state index contributed by atoms with van der Waals surface area (Å²) in [5, 5.41) is 25.4. The van der Waals surface area contributed by atoms with Crippen molar-refractivity contribution in [2.24, 2.45) is 0 Å². The third-order valence-electron chi connectivity index (χ3n) is 7.32. The normalized spacial score (nSPS) is 17.8. The van der Waals surface area contributed by atoms with E-state index in [1.54, 1.807) is 32.2 Å². The van der Waals surface area contributed by atoms with Crippen LogP contribution in [0.25, 0.3) is 22.3 Å². The largest absolute Gasteiger partial charge is 0.387 e. The highest BCUT2D eigenvalue weighted by molar-refractivity contribution is 5.83. The molecular formula is C28H32FN7O2. The third-order valence-corrected chi connectivity index (χ3v) is 7.32. The van der Waals surface area contributed by atoms with Gasteiger partial charge in [0.2, 0.25) is 0 Å². The Bertz CT molecular complexity index is 1460. The molecule has 4 aromatic rings. The van der Waals surface area contributed by atoms with Crippen LogP contribution in [0.15, 0.2) is 48.9 Å². The molecule has 2 aliphatic rings. The highest BCUT2D eigenvalue weighted by atomic mass is 19.1. The molecule has 0 bridgehead atoms. The molecule has 6 rings (SSSR count). The fourth-order valence-electron chi connectivity index (χ4n) is 4.88. The molecule has 1 aromatic carbocycles. The van der Waals surface area contributed by atoms with Crippen LogP contribution in [-0.2, 0) is 6.54 Å². The van der Waals surface area contributed by atoms with E-state index in [1.165, 1.54) is 6.07 Å². The maximum atomic E-state index is 14.2. The predicted molar refractivity (Wildman–Crippen MR) is 142 cm³/mol. The van der Waals surface area contributed by atoms with Crippen LogP contribution in [0.4, 0.5) is 10.2 Å². The molecule has 0 unspecified atom stereocenters. The molecule has 198 valence electrons. The second kappa shape index (κ2) is 9.68. The van der Waals surface area contributed by atoms with E-state index in [0.29, 0.717) is 48.0 Å². The van der Waals surface area contributed by atoms with E-state index in [1.807, 2.05) is 29.2 Å². The molecule has 10 heteroatoms. The Hall–Kier alpha value is -3.47. The van der Waals surface area contributed by atoms with Crippen LogP contribution in [-0.4, -0.2) is 71.6 Å². The van der Waals surface area contributed by atoms with E-state index < -0.39 is 11.7 Å². The van der Waals surface area contributed by atoms with Gasteiger partial charge in [-0.2, -0.15) is 5.10 Å². The number of piperazine rings is 1. The number of fused-ring (bicyclic) bond motifs is 1. The molecule has 2 N–H and O–H groups in total. The predicted octanol–water partition coefficient (Wildman–Crippen LogP) is 3.49.